The van der Waals surface area contributed by atoms with E-state index in [4.69, 9.17) is 0 Å². The quantitative estimate of drug-likeness (QED) is 0.669. The number of fused-ring (bicyclic) bond motifs is 1. The third-order valence-corrected chi connectivity index (χ3v) is 3.02. The molecule has 0 saturated carbocycles. The number of pyridine rings is 2. The molecule has 0 spiro atoms. The maximum absolute atomic E-state index is 12.2. The first-order valence-corrected chi connectivity index (χ1v) is 6.10. The summed E-state index contributed by atoms with van der Waals surface area (Å²) in [5.74, 6) is 0.0838. The van der Waals surface area contributed by atoms with Gasteiger partial charge in [-0.2, -0.15) is 0 Å². The number of hydrogen-bond acceptors (Lipinski definition) is 3. The fraction of sp³-hybridized carbons (Fsp3) is 0.0625. The zero-order valence-electron chi connectivity index (χ0n) is 10.3. The lowest BCUT2D eigenvalue weighted by Crippen LogP contribution is -2.03. The highest BCUT2D eigenvalue weighted by atomic mass is 16.1. The third kappa shape index (κ3) is 2.50. The van der Waals surface area contributed by atoms with Crippen LogP contribution in [0.3, 0.4) is 0 Å². The van der Waals surface area contributed by atoms with E-state index in [9.17, 15) is 4.79 Å². The molecule has 2 aromatic heterocycles. The van der Waals surface area contributed by atoms with Gasteiger partial charge in [0.15, 0.2) is 5.78 Å². The second-order valence-electron chi connectivity index (χ2n) is 4.37. The van der Waals surface area contributed by atoms with Crippen molar-refractivity contribution in [3.8, 4) is 0 Å². The van der Waals surface area contributed by atoms with Crippen LogP contribution < -0.4 is 0 Å². The van der Waals surface area contributed by atoms with Crippen molar-refractivity contribution >= 4 is 16.7 Å². The average Bonchev–Trinajstić information content (AvgIpc) is 2.48. The molecule has 3 rings (SSSR count). The molecule has 0 aliphatic carbocycles. The van der Waals surface area contributed by atoms with Gasteiger partial charge in [0, 0.05) is 36.0 Å². The van der Waals surface area contributed by atoms with Crippen molar-refractivity contribution in [2.75, 3.05) is 0 Å². The molecule has 0 atom stereocenters. The van der Waals surface area contributed by atoms with E-state index in [1.54, 1.807) is 18.6 Å². The van der Waals surface area contributed by atoms with Crippen molar-refractivity contribution in [1.82, 2.24) is 9.97 Å². The molecule has 0 saturated heterocycles. The normalized spacial score (nSPS) is 10.5. The molecular weight excluding hydrogens is 236 g/mol. The summed E-state index contributed by atoms with van der Waals surface area (Å²) in [7, 11) is 0. The van der Waals surface area contributed by atoms with Gasteiger partial charge in [-0.15, -0.1) is 0 Å². The minimum Gasteiger partial charge on any atom is -0.294 e. The Hall–Kier alpha value is -2.55. The lowest BCUT2D eigenvalue weighted by atomic mass is 10.0. The first-order valence-electron chi connectivity index (χ1n) is 6.10. The highest BCUT2D eigenvalue weighted by Gasteiger charge is 2.08. The monoisotopic (exact) mass is 248 g/mol. The van der Waals surface area contributed by atoms with Crippen molar-refractivity contribution in [2.24, 2.45) is 0 Å². The van der Waals surface area contributed by atoms with E-state index in [0.717, 1.165) is 16.5 Å². The van der Waals surface area contributed by atoms with Crippen LogP contribution in [0.5, 0.6) is 0 Å². The predicted molar refractivity (Wildman–Crippen MR) is 74.0 cm³/mol. The Balaban J connectivity index is 1.89. The van der Waals surface area contributed by atoms with Crippen LogP contribution in [0.25, 0.3) is 10.9 Å². The minimum absolute atomic E-state index is 0.0838. The Bertz CT molecular complexity index is 723. The number of aromatic nitrogens is 2. The molecule has 2 heterocycles. The lowest BCUT2D eigenvalue weighted by molar-refractivity contribution is 0.0993. The summed E-state index contributed by atoms with van der Waals surface area (Å²) in [5, 5.41) is 1.04. The Morgan fingerprint density at radius 1 is 1.05 bits per heavy atom. The van der Waals surface area contributed by atoms with Crippen LogP contribution in [-0.2, 0) is 6.42 Å². The molecule has 0 aliphatic rings. The Morgan fingerprint density at radius 2 is 1.95 bits per heavy atom. The maximum atomic E-state index is 12.2. The molecule has 3 heteroatoms. The van der Waals surface area contributed by atoms with Crippen molar-refractivity contribution in [1.29, 1.82) is 0 Å². The number of hydrogen-bond donors (Lipinski definition) is 0. The summed E-state index contributed by atoms with van der Waals surface area (Å²) in [5.41, 5.74) is 2.46. The van der Waals surface area contributed by atoms with Crippen LogP contribution >= 0.6 is 0 Å². The second-order valence-corrected chi connectivity index (χ2v) is 4.37. The summed E-state index contributed by atoms with van der Waals surface area (Å²) >= 11 is 0. The fourth-order valence-corrected chi connectivity index (χ4v) is 2.03. The van der Waals surface area contributed by atoms with Gasteiger partial charge in [-0.05, 0) is 23.8 Å². The molecule has 0 bridgehead atoms. The van der Waals surface area contributed by atoms with Crippen molar-refractivity contribution in [2.45, 2.75) is 6.42 Å². The molecule has 0 amide bonds. The van der Waals surface area contributed by atoms with Crippen LogP contribution in [-0.4, -0.2) is 15.8 Å². The highest BCUT2D eigenvalue weighted by Crippen LogP contribution is 2.15. The molecule has 19 heavy (non-hydrogen) atoms. The summed E-state index contributed by atoms with van der Waals surface area (Å²) in [6.45, 7) is 0. The number of carbonyl (C=O) groups is 1. The first-order chi connectivity index (χ1) is 9.33. The zero-order valence-corrected chi connectivity index (χ0v) is 10.3. The third-order valence-electron chi connectivity index (χ3n) is 3.02. The van der Waals surface area contributed by atoms with E-state index in [0.29, 0.717) is 12.0 Å². The number of rotatable bonds is 3. The van der Waals surface area contributed by atoms with Gasteiger partial charge in [-0.3, -0.25) is 14.8 Å². The fourth-order valence-electron chi connectivity index (χ4n) is 2.03. The Kier molecular flexibility index (Phi) is 3.02. The van der Waals surface area contributed by atoms with Crippen molar-refractivity contribution in [3.05, 3.63) is 72.2 Å². The van der Waals surface area contributed by atoms with Crippen molar-refractivity contribution in [3.63, 3.8) is 0 Å². The number of ketones is 1. The predicted octanol–water partition coefficient (Wildman–Crippen LogP) is 3.06. The SMILES string of the molecule is O=C(Cc1cccnc1)c1ccc2cccnc2c1. The van der Waals surface area contributed by atoms with Gasteiger partial charge >= 0.3 is 0 Å². The Labute approximate surface area is 111 Å². The van der Waals surface area contributed by atoms with E-state index in [1.807, 2.05) is 42.5 Å². The number of Topliss-reactive ketones (excluding diaryl/α,β-unsaturated/α-hetero) is 1. The Morgan fingerprint density at radius 3 is 2.79 bits per heavy atom. The van der Waals surface area contributed by atoms with E-state index >= 15 is 0 Å². The van der Waals surface area contributed by atoms with E-state index in [-0.39, 0.29) is 5.78 Å². The molecule has 0 aliphatic heterocycles. The minimum atomic E-state index is 0.0838. The van der Waals surface area contributed by atoms with Gasteiger partial charge < -0.3 is 0 Å². The summed E-state index contributed by atoms with van der Waals surface area (Å²) < 4.78 is 0. The zero-order chi connectivity index (χ0) is 13.1. The van der Waals surface area contributed by atoms with E-state index in [2.05, 4.69) is 9.97 Å². The molecule has 3 nitrogen and oxygen atoms in total. The number of nitrogens with zero attached hydrogens (tertiary/aromatic N) is 2. The van der Waals surface area contributed by atoms with Gasteiger partial charge in [0.05, 0.1) is 5.52 Å². The van der Waals surface area contributed by atoms with Gasteiger partial charge in [-0.1, -0.05) is 24.3 Å². The summed E-state index contributed by atoms with van der Waals surface area (Å²) in [6, 6.07) is 13.2. The average molecular weight is 248 g/mol. The van der Waals surface area contributed by atoms with Gasteiger partial charge in [0.1, 0.15) is 0 Å². The lowest BCUT2D eigenvalue weighted by Gasteiger charge is -2.03. The molecular formula is C16H12N2O. The van der Waals surface area contributed by atoms with Crippen LogP contribution in [0.2, 0.25) is 0 Å². The molecule has 0 N–H and O–H groups in total. The first kappa shape index (κ1) is 11.5. The summed E-state index contributed by atoms with van der Waals surface area (Å²) in [4.78, 5) is 20.5. The van der Waals surface area contributed by atoms with Crippen molar-refractivity contribution < 1.29 is 4.79 Å². The second kappa shape index (κ2) is 4.98. The smallest absolute Gasteiger partial charge is 0.167 e. The molecule has 0 radical (unpaired) electrons. The van der Waals surface area contributed by atoms with E-state index in [1.165, 1.54) is 0 Å². The van der Waals surface area contributed by atoms with Gasteiger partial charge in [0.2, 0.25) is 0 Å². The van der Waals surface area contributed by atoms with Crippen LogP contribution in [0, 0.1) is 0 Å². The largest absolute Gasteiger partial charge is 0.294 e. The molecule has 1 aromatic carbocycles. The topological polar surface area (TPSA) is 42.9 Å². The van der Waals surface area contributed by atoms with Crippen LogP contribution in [0.15, 0.2) is 61.1 Å². The summed E-state index contributed by atoms with van der Waals surface area (Å²) in [6.07, 6.45) is 5.52. The standard InChI is InChI=1S/C16H12N2O/c19-16(9-12-3-1-7-17-11-12)14-6-5-13-4-2-8-18-15(13)10-14/h1-8,10-11H,9H2. The molecule has 0 unspecified atom stereocenters. The van der Waals surface area contributed by atoms with E-state index < -0.39 is 0 Å². The van der Waals surface area contributed by atoms with Gasteiger partial charge in [0.25, 0.3) is 0 Å². The molecule has 3 aromatic rings. The molecule has 92 valence electrons. The van der Waals surface area contributed by atoms with Crippen LogP contribution in [0.1, 0.15) is 15.9 Å². The number of benzene rings is 1. The molecule has 0 fully saturated rings. The van der Waals surface area contributed by atoms with Gasteiger partial charge in [-0.25, -0.2) is 0 Å². The highest BCUT2D eigenvalue weighted by molar-refractivity contribution is 6.00. The maximum Gasteiger partial charge on any atom is 0.167 e. The van der Waals surface area contributed by atoms with Crippen LogP contribution in [0.4, 0.5) is 0 Å². The number of carbonyl (C=O) groups excluding carboxylic acids is 1.